The predicted octanol–water partition coefficient (Wildman–Crippen LogP) is 4.01. The van der Waals surface area contributed by atoms with Crippen molar-refractivity contribution in [2.75, 3.05) is 10.6 Å². The van der Waals surface area contributed by atoms with Crippen LogP contribution in [0, 0.1) is 18.3 Å². The highest BCUT2D eigenvalue weighted by Gasteiger charge is 2.01. The van der Waals surface area contributed by atoms with Gasteiger partial charge in [-0.1, -0.05) is 29.8 Å². The third-order valence-electron chi connectivity index (χ3n) is 3.55. The van der Waals surface area contributed by atoms with Crippen molar-refractivity contribution in [3.05, 3.63) is 77.6 Å². The van der Waals surface area contributed by atoms with Gasteiger partial charge in [-0.3, -0.25) is 0 Å². The summed E-state index contributed by atoms with van der Waals surface area (Å²) in [5, 5.41) is 15.3. The minimum atomic E-state index is 0.628. The first-order valence-electron chi connectivity index (χ1n) is 7.61. The fourth-order valence-electron chi connectivity index (χ4n) is 2.20. The van der Waals surface area contributed by atoms with Crippen molar-refractivity contribution in [2.45, 2.75) is 13.5 Å². The molecule has 0 unspecified atom stereocenters. The van der Waals surface area contributed by atoms with E-state index in [1.54, 1.807) is 12.1 Å². The molecule has 0 aliphatic rings. The fraction of sp³-hybridized carbons (Fsp3) is 0.105. The number of nitriles is 1. The van der Waals surface area contributed by atoms with Crippen LogP contribution in [0.2, 0.25) is 0 Å². The van der Waals surface area contributed by atoms with Crippen molar-refractivity contribution in [3.63, 3.8) is 0 Å². The molecule has 0 fully saturated rings. The van der Waals surface area contributed by atoms with Gasteiger partial charge in [-0.25, -0.2) is 9.97 Å². The van der Waals surface area contributed by atoms with Crippen molar-refractivity contribution in [3.8, 4) is 6.07 Å². The average Bonchev–Trinajstić information content (AvgIpc) is 2.62. The predicted molar refractivity (Wildman–Crippen MR) is 95.0 cm³/mol. The second-order valence-corrected chi connectivity index (χ2v) is 5.44. The van der Waals surface area contributed by atoms with Crippen LogP contribution in [0.25, 0.3) is 0 Å². The molecule has 118 valence electrons. The van der Waals surface area contributed by atoms with Crippen LogP contribution < -0.4 is 10.6 Å². The number of hydrogen-bond donors (Lipinski definition) is 2. The van der Waals surface area contributed by atoms with Gasteiger partial charge in [0.25, 0.3) is 0 Å². The van der Waals surface area contributed by atoms with E-state index in [-0.39, 0.29) is 0 Å². The molecule has 0 radical (unpaired) electrons. The molecule has 2 aromatic carbocycles. The second kappa shape index (κ2) is 7.25. The highest BCUT2D eigenvalue weighted by molar-refractivity contribution is 5.59. The first-order valence-corrected chi connectivity index (χ1v) is 7.61. The molecule has 5 nitrogen and oxygen atoms in total. The molecule has 0 atom stereocenters. The number of benzene rings is 2. The molecule has 5 heteroatoms. The molecule has 0 aliphatic heterocycles. The van der Waals surface area contributed by atoms with Gasteiger partial charge in [0.05, 0.1) is 11.6 Å². The maximum Gasteiger partial charge on any atom is 0.135 e. The van der Waals surface area contributed by atoms with Crippen molar-refractivity contribution < 1.29 is 0 Å². The van der Waals surface area contributed by atoms with Crippen LogP contribution in [0.3, 0.4) is 0 Å². The Morgan fingerprint density at radius 2 is 1.67 bits per heavy atom. The maximum absolute atomic E-state index is 8.82. The van der Waals surface area contributed by atoms with Gasteiger partial charge in [0.1, 0.15) is 18.0 Å². The topological polar surface area (TPSA) is 73.6 Å². The second-order valence-electron chi connectivity index (χ2n) is 5.44. The molecular weight excluding hydrogens is 298 g/mol. The first-order chi connectivity index (χ1) is 11.7. The van der Waals surface area contributed by atoms with Gasteiger partial charge in [0.2, 0.25) is 0 Å². The quantitative estimate of drug-likeness (QED) is 0.744. The van der Waals surface area contributed by atoms with Crippen LogP contribution in [0.1, 0.15) is 16.7 Å². The highest BCUT2D eigenvalue weighted by Crippen LogP contribution is 2.17. The normalized spacial score (nSPS) is 10.0. The molecule has 0 saturated heterocycles. The zero-order valence-electron chi connectivity index (χ0n) is 13.3. The molecule has 0 bridgehead atoms. The minimum Gasteiger partial charge on any atom is -0.366 e. The highest BCUT2D eigenvalue weighted by atomic mass is 15.1. The van der Waals surface area contributed by atoms with Crippen molar-refractivity contribution in [1.82, 2.24) is 9.97 Å². The Morgan fingerprint density at radius 1 is 0.958 bits per heavy atom. The molecule has 1 heterocycles. The SMILES string of the molecule is Cc1ccc(CNc2cc(Nc3ccc(C#N)cc3)ncn2)cc1. The first kappa shape index (κ1) is 15.5. The summed E-state index contributed by atoms with van der Waals surface area (Å²) in [4.78, 5) is 8.45. The number of nitrogens with one attached hydrogen (secondary N) is 2. The summed E-state index contributed by atoms with van der Waals surface area (Å²) in [7, 11) is 0. The van der Waals surface area contributed by atoms with Crippen molar-refractivity contribution >= 4 is 17.3 Å². The summed E-state index contributed by atoms with van der Waals surface area (Å²) in [6, 6.07) is 19.6. The number of anilines is 3. The van der Waals surface area contributed by atoms with Crippen LogP contribution in [-0.2, 0) is 6.54 Å². The monoisotopic (exact) mass is 315 g/mol. The van der Waals surface area contributed by atoms with E-state index in [2.05, 4.69) is 57.9 Å². The molecule has 0 aliphatic carbocycles. The Hall–Kier alpha value is -3.39. The molecule has 2 N–H and O–H groups in total. The lowest BCUT2D eigenvalue weighted by Crippen LogP contribution is -2.03. The molecule has 3 aromatic rings. The Kier molecular flexibility index (Phi) is 4.68. The van der Waals surface area contributed by atoms with Gasteiger partial charge < -0.3 is 10.6 Å². The van der Waals surface area contributed by atoms with Gasteiger partial charge in [0, 0.05) is 18.3 Å². The molecule has 0 amide bonds. The average molecular weight is 315 g/mol. The third-order valence-corrected chi connectivity index (χ3v) is 3.55. The summed E-state index contributed by atoms with van der Waals surface area (Å²) in [5.74, 6) is 1.45. The number of nitrogens with zero attached hydrogens (tertiary/aromatic N) is 3. The molecule has 24 heavy (non-hydrogen) atoms. The van der Waals surface area contributed by atoms with Crippen LogP contribution in [-0.4, -0.2) is 9.97 Å². The van der Waals surface area contributed by atoms with E-state index in [0.29, 0.717) is 17.9 Å². The standard InChI is InChI=1S/C19H17N5/c1-14-2-4-16(5-3-14)12-21-18-10-19(23-13-22-18)24-17-8-6-15(11-20)7-9-17/h2-10,13H,12H2,1H3,(H2,21,22,23,24). The van der Waals surface area contributed by atoms with Gasteiger partial charge >= 0.3 is 0 Å². The van der Waals surface area contributed by atoms with Crippen LogP contribution in [0.4, 0.5) is 17.3 Å². The van der Waals surface area contributed by atoms with Crippen LogP contribution in [0.5, 0.6) is 0 Å². The van der Waals surface area contributed by atoms with E-state index in [1.807, 2.05) is 18.2 Å². The van der Waals surface area contributed by atoms with Crippen LogP contribution >= 0.6 is 0 Å². The Morgan fingerprint density at radius 3 is 2.38 bits per heavy atom. The zero-order chi connectivity index (χ0) is 16.8. The smallest absolute Gasteiger partial charge is 0.135 e. The van der Waals surface area contributed by atoms with E-state index in [4.69, 9.17) is 5.26 Å². The number of rotatable bonds is 5. The summed E-state index contributed by atoms with van der Waals surface area (Å²) < 4.78 is 0. The maximum atomic E-state index is 8.82. The summed E-state index contributed by atoms with van der Waals surface area (Å²) in [6.45, 7) is 2.77. The van der Waals surface area contributed by atoms with Crippen LogP contribution in [0.15, 0.2) is 60.9 Å². The third kappa shape index (κ3) is 4.08. The fourth-order valence-corrected chi connectivity index (χ4v) is 2.20. The molecular formula is C19H17N5. The summed E-state index contributed by atoms with van der Waals surface area (Å²) in [6.07, 6.45) is 1.52. The van der Waals surface area contributed by atoms with Gasteiger partial charge in [0.15, 0.2) is 0 Å². The minimum absolute atomic E-state index is 0.628. The van der Waals surface area contributed by atoms with E-state index in [9.17, 15) is 0 Å². The van der Waals surface area contributed by atoms with Gasteiger partial charge in [-0.15, -0.1) is 0 Å². The molecule has 1 aromatic heterocycles. The zero-order valence-corrected chi connectivity index (χ0v) is 13.3. The van der Waals surface area contributed by atoms with Crippen molar-refractivity contribution in [2.24, 2.45) is 0 Å². The summed E-state index contributed by atoms with van der Waals surface area (Å²) >= 11 is 0. The lowest BCUT2D eigenvalue weighted by atomic mass is 10.1. The number of aromatic nitrogens is 2. The molecule has 0 spiro atoms. The number of aryl methyl sites for hydroxylation is 1. The van der Waals surface area contributed by atoms with E-state index < -0.39 is 0 Å². The summed E-state index contributed by atoms with van der Waals surface area (Å²) in [5.41, 5.74) is 3.94. The van der Waals surface area contributed by atoms with E-state index in [0.717, 1.165) is 11.5 Å². The van der Waals surface area contributed by atoms with Gasteiger partial charge in [-0.2, -0.15) is 5.26 Å². The largest absolute Gasteiger partial charge is 0.366 e. The molecule has 0 saturated carbocycles. The Balaban J connectivity index is 1.65. The Labute approximate surface area is 141 Å². The van der Waals surface area contributed by atoms with Crippen molar-refractivity contribution in [1.29, 1.82) is 5.26 Å². The van der Waals surface area contributed by atoms with E-state index in [1.165, 1.54) is 17.5 Å². The van der Waals surface area contributed by atoms with Gasteiger partial charge in [-0.05, 0) is 36.8 Å². The lowest BCUT2D eigenvalue weighted by molar-refractivity contribution is 1.08. The molecule has 3 rings (SSSR count). The lowest BCUT2D eigenvalue weighted by Gasteiger charge is -2.09. The number of hydrogen-bond acceptors (Lipinski definition) is 5. The van der Waals surface area contributed by atoms with E-state index >= 15 is 0 Å². The Bertz CT molecular complexity index is 848.